The van der Waals surface area contributed by atoms with Crippen molar-refractivity contribution in [3.8, 4) is 0 Å². The summed E-state index contributed by atoms with van der Waals surface area (Å²) in [5.74, 6) is 0.0490. The number of aromatic nitrogens is 3. The highest BCUT2D eigenvalue weighted by Crippen LogP contribution is 2.32. The van der Waals surface area contributed by atoms with Gasteiger partial charge in [0.05, 0.1) is 12.7 Å². The molecule has 0 radical (unpaired) electrons. The Labute approximate surface area is 110 Å². The van der Waals surface area contributed by atoms with Crippen molar-refractivity contribution in [3.63, 3.8) is 0 Å². The number of rotatable bonds is 1. The Bertz CT molecular complexity index is 681. The van der Waals surface area contributed by atoms with Gasteiger partial charge in [-0.1, -0.05) is 22.8 Å². The second-order valence-electron chi connectivity index (χ2n) is 5.03. The van der Waals surface area contributed by atoms with Gasteiger partial charge in [0.25, 0.3) is 0 Å². The van der Waals surface area contributed by atoms with Crippen molar-refractivity contribution in [2.45, 2.75) is 19.0 Å². The Kier molecular flexibility index (Phi) is 2.45. The first kappa shape index (κ1) is 11.9. The summed E-state index contributed by atoms with van der Waals surface area (Å²) in [6, 6.07) is 4.99. The zero-order valence-corrected chi connectivity index (χ0v) is 10.8. The summed E-state index contributed by atoms with van der Waals surface area (Å²) in [5.41, 5.74) is 7.33. The van der Waals surface area contributed by atoms with Crippen LogP contribution in [0.15, 0.2) is 29.4 Å². The van der Waals surface area contributed by atoms with E-state index in [1.54, 1.807) is 23.0 Å². The Hall–Kier alpha value is -2.18. The molecule has 0 bridgehead atoms. The van der Waals surface area contributed by atoms with Gasteiger partial charge in [-0.25, -0.2) is 9.07 Å². The summed E-state index contributed by atoms with van der Waals surface area (Å²) in [4.78, 5) is 4.45. The predicted molar refractivity (Wildman–Crippen MR) is 72.7 cm³/mol. The van der Waals surface area contributed by atoms with Gasteiger partial charge < -0.3 is 5.73 Å². The highest BCUT2D eigenvalue weighted by Gasteiger charge is 2.35. The third kappa shape index (κ3) is 1.81. The van der Waals surface area contributed by atoms with Crippen molar-refractivity contribution in [3.05, 3.63) is 41.5 Å². The lowest BCUT2D eigenvalue weighted by atomic mass is 9.85. The van der Waals surface area contributed by atoms with Crippen LogP contribution in [0.4, 0.5) is 4.39 Å². The molecule has 2 N–H and O–H groups in total. The van der Waals surface area contributed by atoms with Crippen LogP contribution in [0.2, 0.25) is 0 Å². The fourth-order valence-corrected chi connectivity index (χ4v) is 2.42. The Balaban J connectivity index is 2.15. The van der Waals surface area contributed by atoms with Crippen molar-refractivity contribution in [2.24, 2.45) is 10.7 Å². The maximum atomic E-state index is 14.1. The third-order valence-corrected chi connectivity index (χ3v) is 3.41. The fraction of sp³-hybridized carbons (Fsp3) is 0.250. The molecule has 5 nitrogen and oxygen atoms in total. The molecule has 3 rings (SSSR count). The highest BCUT2D eigenvalue weighted by molar-refractivity contribution is 6.32. The van der Waals surface area contributed by atoms with Gasteiger partial charge in [0, 0.05) is 5.56 Å². The monoisotopic (exact) mass is 257 g/mol. The van der Waals surface area contributed by atoms with E-state index in [4.69, 9.17) is 5.73 Å². The number of aliphatic imine (C=N–C) groups is 1. The normalized spacial score (nSPS) is 21.9. The maximum Gasteiger partial charge on any atom is 0.146 e. The number of amidine groups is 1. The van der Waals surface area contributed by atoms with Gasteiger partial charge in [0.15, 0.2) is 0 Å². The SMILES string of the molecule is Bc1ccc(F)c([C@]2(C)Cn3nncc3C(N)=N2)c1. The van der Waals surface area contributed by atoms with E-state index in [0.717, 1.165) is 5.46 Å². The minimum atomic E-state index is -0.763. The summed E-state index contributed by atoms with van der Waals surface area (Å²) < 4.78 is 15.7. The molecule has 19 heavy (non-hydrogen) atoms. The Morgan fingerprint density at radius 2 is 2.26 bits per heavy atom. The van der Waals surface area contributed by atoms with E-state index in [0.29, 0.717) is 23.6 Å². The van der Waals surface area contributed by atoms with Crippen LogP contribution in [0.25, 0.3) is 0 Å². The standard InChI is InChI=1S/C12H13BFN5/c1-12(8-4-7(13)2-3-9(8)14)6-19-10(5-16-18-19)11(15)17-12/h2-5H,6,13H2,1H3,(H2,15,17)/t12-/m0/s1. The number of benzene rings is 1. The summed E-state index contributed by atoms with van der Waals surface area (Å²) in [6.07, 6.45) is 1.56. The zero-order chi connectivity index (χ0) is 13.6. The van der Waals surface area contributed by atoms with Gasteiger partial charge in [-0.05, 0) is 13.0 Å². The first-order valence-electron chi connectivity index (χ1n) is 6.00. The van der Waals surface area contributed by atoms with Crippen LogP contribution >= 0.6 is 0 Å². The summed E-state index contributed by atoms with van der Waals surface area (Å²) in [7, 11) is 1.92. The van der Waals surface area contributed by atoms with Gasteiger partial charge in [-0.15, -0.1) is 5.10 Å². The quantitative estimate of drug-likeness (QED) is 0.687. The van der Waals surface area contributed by atoms with Crippen molar-refractivity contribution < 1.29 is 4.39 Å². The van der Waals surface area contributed by atoms with E-state index in [-0.39, 0.29) is 5.82 Å². The van der Waals surface area contributed by atoms with E-state index >= 15 is 0 Å². The average Bonchev–Trinajstić information content (AvgIpc) is 2.80. The van der Waals surface area contributed by atoms with Crippen molar-refractivity contribution in [1.29, 1.82) is 0 Å². The van der Waals surface area contributed by atoms with E-state index < -0.39 is 5.54 Å². The molecule has 0 amide bonds. The Morgan fingerprint density at radius 1 is 1.47 bits per heavy atom. The lowest BCUT2D eigenvalue weighted by molar-refractivity contribution is 0.359. The van der Waals surface area contributed by atoms with Crippen molar-refractivity contribution >= 4 is 19.1 Å². The molecule has 1 aromatic carbocycles. The molecule has 1 atom stereocenters. The van der Waals surface area contributed by atoms with E-state index in [1.165, 1.54) is 6.07 Å². The highest BCUT2D eigenvalue weighted by atomic mass is 19.1. The van der Waals surface area contributed by atoms with Crippen LogP contribution in [-0.2, 0) is 12.1 Å². The number of halogens is 1. The Morgan fingerprint density at radius 3 is 3.05 bits per heavy atom. The van der Waals surface area contributed by atoms with Crippen LogP contribution in [0.5, 0.6) is 0 Å². The maximum absolute atomic E-state index is 14.1. The van der Waals surface area contributed by atoms with Gasteiger partial charge in [-0.2, -0.15) is 0 Å². The second kappa shape index (κ2) is 3.91. The molecular weight excluding hydrogens is 244 g/mol. The molecule has 0 unspecified atom stereocenters. The molecule has 0 fully saturated rings. The molecule has 0 aliphatic carbocycles. The molecular formula is C12H13BFN5. The minimum Gasteiger partial charge on any atom is -0.382 e. The summed E-state index contributed by atoms with van der Waals surface area (Å²) in [5, 5.41) is 7.78. The van der Waals surface area contributed by atoms with Gasteiger partial charge >= 0.3 is 0 Å². The lowest BCUT2D eigenvalue weighted by Gasteiger charge is -2.30. The fourth-order valence-electron chi connectivity index (χ4n) is 2.42. The van der Waals surface area contributed by atoms with Gasteiger partial charge in [0.1, 0.15) is 30.7 Å². The first-order valence-corrected chi connectivity index (χ1v) is 6.00. The second-order valence-corrected chi connectivity index (χ2v) is 5.03. The van der Waals surface area contributed by atoms with Gasteiger partial charge in [0.2, 0.25) is 0 Å². The van der Waals surface area contributed by atoms with Crippen molar-refractivity contribution in [2.75, 3.05) is 0 Å². The number of nitrogens with two attached hydrogens (primary N) is 1. The molecule has 2 aromatic rings. The predicted octanol–water partition coefficient (Wildman–Crippen LogP) is -0.690. The van der Waals surface area contributed by atoms with Gasteiger partial charge in [-0.3, -0.25) is 4.99 Å². The number of hydrogen-bond acceptors (Lipinski definition) is 4. The number of nitrogens with zero attached hydrogens (tertiary/aromatic N) is 4. The molecule has 1 aromatic heterocycles. The van der Waals surface area contributed by atoms with Crippen LogP contribution in [0.3, 0.4) is 0 Å². The van der Waals surface area contributed by atoms with Crippen molar-refractivity contribution in [1.82, 2.24) is 15.0 Å². The van der Waals surface area contributed by atoms with E-state index in [9.17, 15) is 4.39 Å². The lowest BCUT2D eigenvalue weighted by Crippen LogP contribution is -2.38. The zero-order valence-electron chi connectivity index (χ0n) is 10.8. The molecule has 96 valence electrons. The molecule has 0 saturated carbocycles. The molecule has 1 aliphatic rings. The molecule has 7 heteroatoms. The molecule has 0 saturated heterocycles. The minimum absolute atomic E-state index is 0.284. The van der Waals surface area contributed by atoms with Crippen LogP contribution in [0, 0.1) is 5.82 Å². The molecule has 1 aliphatic heterocycles. The topological polar surface area (TPSA) is 69.1 Å². The number of hydrogen-bond donors (Lipinski definition) is 1. The molecule has 0 spiro atoms. The smallest absolute Gasteiger partial charge is 0.146 e. The molecule has 2 heterocycles. The van der Waals surface area contributed by atoms with Crippen LogP contribution < -0.4 is 11.2 Å². The van der Waals surface area contributed by atoms with E-state index in [1.807, 2.05) is 14.8 Å². The largest absolute Gasteiger partial charge is 0.382 e. The first-order chi connectivity index (χ1) is 8.99. The summed E-state index contributed by atoms with van der Waals surface area (Å²) in [6.45, 7) is 2.27. The summed E-state index contributed by atoms with van der Waals surface area (Å²) >= 11 is 0. The van der Waals surface area contributed by atoms with E-state index in [2.05, 4.69) is 15.3 Å². The third-order valence-electron chi connectivity index (χ3n) is 3.41. The number of fused-ring (bicyclic) bond motifs is 1. The van der Waals surface area contributed by atoms with Crippen LogP contribution in [0.1, 0.15) is 18.2 Å². The average molecular weight is 257 g/mol. The van der Waals surface area contributed by atoms with Crippen LogP contribution in [-0.4, -0.2) is 28.7 Å².